The summed E-state index contributed by atoms with van der Waals surface area (Å²) in [6.07, 6.45) is 1.35. The maximum Gasteiger partial charge on any atom is 0.231 e. The molecule has 0 bridgehead atoms. The van der Waals surface area contributed by atoms with Gasteiger partial charge < -0.3 is 9.47 Å². The lowest BCUT2D eigenvalue weighted by Gasteiger charge is -2.29. The van der Waals surface area contributed by atoms with Crippen molar-refractivity contribution in [1.29, 1.82) is 0 Å². The van der Waals surface area contributed by atoms with Gasteiger partial charge in [0.05, 0.1) is 16.1 Å². The number of carbonyl (C=O) groups is 1. The van der Waals surface area contributed by atoms with Gasteiger partial charge in [0, 0.05) is 23.7 Å². The molecular formula is C24H16Cl2FNO3. The zero-order chi connectivity index (χ0) is 21.5. The molecule has 0 fully saturated rings. The van der Waals surface area contributed by atoms with Gasteiger partial charge in [-0.25, -0.2) is 4.39 Å². The number of benzene rings is 3. The number of ether oxygens (including phenoxy) is 2. The Morgan fingerprint density at radius 3 is 2.65 bits per heavy atom. The number of ketones is 1. The molecule has 0 spiro atoms. The lowest BCUT2D eigenvalue weighted by molar-refractivity contribution is 0.0873. The molecule has 0 aromatic heterocycles. The fraction of sp³-hybridized carbons (Fsp3) is 0.125. The second-order valence-corrected chi connectivity index (χ2v) is 8.22. The van der Waals surface area contributed by atoms with Gasteiger partial charge in [-0.2, -0.15) is 0 Å². The zero-order valence-corrected chi connectivity index (χ0v) is 17.7. The van der Waals surface area contributed by atoms with Crippen molar-refractivity contribution >= 4 is 35.1 Å². The first-order valence-corrected chi connectivity index (χ1v) is 10.4. The Bertz CT molecular complexity index is 1200. The highest BCUT2D eigenvalue weighted by molar-refractivity contribution is 6.32. The molecule has 4 nitrogen and oxygen atoms in total. The van der Waals surface area contributed by atoms with Crippen LogP contribution in [0.5, 0.6) is 11.5 Å². The molecule has 0 aliphatic carbocycles. The molecule has 7 heteroatoms. The van der Waals surface area contributed by atoms with E-state index < -0.39 is 5.82 Å². The third kappa shape index (κ3) is 3.81. The number of hydrogen-bond donors (Lipinski definition) is 0. The van der Waals surface area contributed by atoms with Crippen molar-refractivity contribution in [1.82, 2.24) is 4.90 Å². The molecule has 3 aromatic carbocycles. The van der Waals surface area contributed by atoms with Crippen LogP contribution in [0.15, 0.2) is 60.4 Å². The van der Waals surface area contributed by atoms with Crippen molar-refractivity contribution in [2.24, 2.45) is 0 Å². The van der Waals surface area contributed by atoms with Gasteiger partial charge in [-0.15, -0.1) is 0 Å². The zero-order valence-electron chi connectivity index (χ0n) is 16.2. The van der Waals surface area contributed by atoms with Crippen LogP contribution >= 0.6 is 23.2 Å². The highest BCUT2D eigenvalue weighted by Gasteiger charge is 2.34. The molecular weight excluding hydrogens is 440 g/mol. The van der Waals surface area contributed by atoms with Crippen molar-refractivity contribution < 1.29 is 18.7 Å². The van der Waals surface area contributed by atoms with Crippen LogP contribution in [0.1, 0.15) is 27.0 Å². The Balaban J connectivity index is 1.44. The monoisotopic (exact) mass is 455 g/mol. The molecule has 0 saturated heterocycles. The maximum absolute atomic E-state index is 14.2. The van der Waals surface area contributed by atoms with E-state index in [2.05, 4.69) is 4.90 Å². The van der Waals surface area contributed by atoms with Crippen LogP contribution in [-0.2, 0) is 13.1 Å². The van der Waals surface area contributed by atoms with E-state index in [-0.39, 0.29) is 22.1 Å². The van der Waals surface area contributed by atoms with Gasteiger partial charge in [0.1, 0.15) is 24.0 Å². The van der Waals surface area contributed by atoms with Gasteiger partial charge in [-0.1, -0.05) is 41.4 Å². The first-order chi connectivity index (χ1) is 15.0. The Labute approximate surface area is 188 Å². The van der Waals surface area contributed by atoms with Gasteiger partial charge >= 0.3 is 0 Å². The number of allylic oxidation sites excluding steroid dienone is 1. The van der Waals surface area contributed by atoms with E-state index in [1.54, 1.807) is 18.2 Å². The molecule has 31 heavy (non-hydrogen) atoms. The summed E-state index contributed by atoms with van der Waals surface area (Å²) in [5.41, 5.74) is 2.43. The molecule has 0 atom stereocenters. The Kier molecular flexibility index (Phi) is 5.18. The van der Waals surface area contributed by atoms with E-state index in [9.17, 15) is 9.18 Å². The number of halogens is 3. The number of rotatable bonds is 3. The smallest absolute Gasteiger partial charge is 0.231 e. The van der Waals surface area contributed by atoms with Gasteiger partial charge in [0.25, 0.3) is 0 Å². The van der Waals surface area contributed by atoms with Gasteiger partial charge in [-0.3, -0.25) is 9.69 Å². The summed E-state index contributed by atoms with van der Waals surface area (Å²) < 4.78 is 26.0. The Morgan fingerprint density at radius 2 is 1.87 bits per heavy atom. The fourth-order valence-electron chi connectivity index (χ4n) is 3.73. The topological polar surface area (TPSA) is 38.8 Å². The van der Waals surface area contributed by atoms with Crippen LogP contribution in [0.3, 0.4) is 0 Å². The normalized spacial score (nSPS) is 16.6. The number of fused-ring (bicyclic) bond motifs is 3. The molecule has 0 saturated carbocycles. The second kappa shape index (κ2) is 8.00. The summed E-state index contributed by atoms with van der Waals surface area (Å²) in [4.78, 5) is 15.0. The third-order valence-electron chi connectivity index (χ3n) is 5.28. The van der Waals surface area contributed by atoms with E-state index >= 15 is 0 Å². The van der Waals surface area contributed by atoms with Gasteiger partial charge in [0.2, 0.25) is 5.78 Å². The van der Waals surface area contributed by atoms with Crippen LogP contribution in [0.25, 0.3) is 6.08 Å². The molecule has 5 rings (SSSR count). The minimum absolute atomic E-state index is 0.0326. The lowest BCUT2D eigenvalue weighted by Crippen LogP contribution is -2.31. The predicted octanol–water partition coefficient (Wildman–Crippen LogP) is 6.10. The van der Waals surface area contributed by atoms with Crippen LogP contribution in [-0.4, -0.2) is 17.4 Å². The average molecular weight is 456 g/mol. The molecule has 2 heterocycles. The fourth-order valence-corrected chi connectivity index (χ4v) is 4.08. The minimum atomic E-state index is -0.521. The highest BCUT2D eigenvalue weighted by atomic mass is 35.5. The SMILES string of the molecule is O=C1/C(=C/c2c(F)cccc2Cl)Oc2c1ccc1c2CN(Cc2ccc(Cl)cc2)CO1. The predicted molar refractivity (Wildman–Crippen MR) is 117 cm³/mol. The summed E-state index contributed by atoms with van der Waals surface area (Å²) in [7, 11) is 0. The van der Waals surface area contributed by atoms with Crippen LogP contribution in [0.2, 0.25) is 10.0 Å². The van der Waals surface area contributed by atoms with Crippen LogP contribution < -0.4 is 9.47 Å². The number of carbonyl (C=O) groups excluding carboxylic acids is 1. The van der Waals surface area contributed by atoms with Crippen molar-refractivity contribution in [3.63, 3.8) is 0 Å². The summed E-state index contributed by atoms with van der Waals surface area (Å²) >= 11 is 12.1. The lowest BCUT2D eigenvalue weighted by atomic mass is 10.0. The van der Waals surface area contributed by atoms with Gasteiger partial charge in [-0.05, 0) is 48.0 Å². The Morgan fingerprint density at radius 1 is 1.06 bits per heavy atom. The number of nitrogens with zero attached hydrogens (tertiary/aromatic N) is 1. The van der Waals surface area contributed by atoms with Crippen molar-refractivity contribution in [2.45, 2.75) is 13.1 Å². The first kappa shape index (κ1) is 20.1. The van der Waals surface area contributed by atoms with E-state index in [0.717, 1.165) is 11.1 Å². The van der Waals surface area contributed by atoms with E-state index in [1.165, 1.54) is 18.2 Å². The summed E-state index contributed by atoms with van der Waals surface area (Å²) in [5, 5.41) is 0.891. The summed E-state index contributed by atoms with van der Waals surface area (Å²) in [6, 6.07) is 15.4. The van der Waals surface area contributed by atoms with Crippen LogP contribution in [0.4, 0.5) is 4.39 Å². The van der Waals surface area contributed by atoms with Crippen LogP contribution in [0, 0.1) is 5.82 Å². The quantitative estimate of drug-likeness (QED) is 0.447. The second-order valence-electron chi connectivity index (χ2n) is 7.38. The van der Waals surface area contributed by atoms with Gasteiger partial charge in [0.15, 0.2) is 5.76 Å². The minimum Gasteiger partial charge on any atom is -0.478 e. The largest absolute Gasteiger partial charge is 0.478 e. The Hall–Kier alpha value is -2.86. The molecule has 0 N–H and O–H groups in total. The molecule has 0 radical (unpaired) electrons. The number of hydrogen-bond acceptors (Lipinski definition) is 4. The summed E-state index contributed by atoms with van der Waals surface area (Å²) in [6.45, 7) is 1.61. The standard InChI is InChI=1S/C24H16Cl2FNO3/c25-15-6-4-14(5-7-15)11-28-12-18-21(30-13-28)9-8-16-23(29)22(31-24(16)18)10-17-19(26)2-1-3-20(17)27/h1-10H,11-13H2/b22-10-. The molecule has 2 aliphatic heterocycles. The van der Waals surface area contributed by atoms with E-state index in [1.807, 2.05) is 24.3 Å². The molecule has 3 aromatic rings. The third-order valence-corrected chi connectivity index (χ3v) is 5.86. The first-order valence-electron chi connectivity index (χ1n) is 9.63. The summed E-state index contributed by atoms with van der Waals surface area (Å²) in [5.74, 6) is 0.315. The molecule has 156 valence electrons. The van der Waals surface area contributed by atoms with E-state index in [0.29, 0.717) is 41.9 Å². The maximum atomic E-state index is 14.2. The highest BCUT2D eigenvalue weighted by Crippen LogP contribution is 2.42. The average Bonchev–Trinajstić information content (AvgIpc) is 3.08. The van der Waals surface area contributed by atoms with E-state index in [4.69, 9.17) is 32.7 Å². The van der Waals surface area contributed by atoms with Crippen molar-refractivity contribution in [3.05, 3.63) is 98.5 Å². The molecule has 0 amide bonds. The van der Waals surface area contributed by atoms with Crippen molar-refractivity contribution in [2.75, 3.05) is 6.73 Å². The molecule has 2 aliphatic rings. The molecule has 0 unspecified atom stereocenters. The van der Waals surface area contributed by atoms with Crippen molar-refractivity contribution in [3.8, 4) is 11.5 Å². The number of Topliss-reactive ketones (excluding diaryl/α,β-unsaturated/α-hetero) is 1.